The van der Waals surface area contributed by atoms with Gasteiger partial charge in [0, 0.05) is 6.54 Å². The molecule has 5 heteroatoms. The predicted molar refractivity (Wildman–Crippen MR) is 92.0 cm³/mol. The first kappa shape index (κ1) is 17.8. The zero-order valence-electron chi connectivity index (χ0n) is 14.1. The van der Waals surface area contributed by atoms with Crippen molar-refractivity contribution in [2.24, 2.45) is 5.92 Å². The molecule has 0 radical (unpaired) electrons. The smallest absolute Gasteiger partial charge is 0.412 e. The molecule has 0 aromatic heterocycles. The minimum Gasteiger partial charge on any atom is -0.465 e. The lowest BCUT2D eigenvalue weighted by Gasteiger charge is -2.22. The van der Waals surface area contributed by atoms with E-state index >= 15 is 0 Å². The Morgan fingerprint density at radius 1 is 1.29 bits per heavy atom. The maximum absolute atomic E-state index is 11.8. The number of nitrogens with one attached hydrogen (secondary N) is 1. The van der Waals surface area contributed by atoms with Crippen molar-refractivity contribution in [3.63, 3.8) is 0 Å². The minimum atomic E-state index is -0.510. The standard InChI is InChI=1S/C19H23NO4/c1-13(2)15-6-4-14(5-7-15)12-20-19(22)24-17-10-8-16(9-11-17)18(21)23-3/h4,8-11,15H,1,5-7,12H2,2-3H3,(H,20,22). The topological polar surface area (TPSA) is 64.6 Å². The molecule has 1 amide bonds. The zero-order chi connectivity index (χ0) is 17.5. The molecule has 1 atom stereocenters. The number of allylic oxidation sites excluding steroid dienone is 2. The Hall–Kier alpha value is -2.56. The highest BCUT2D eigenvalue weighted by Crippen LogP contribution is 2.27. The largest absolute Gasteiger partial charge is 0.465 e. The Balaban J connectivity index is 1.79. The lowest BCUT2D eigenvalue weighted by atomic mass is 9.85. The number of carbonyl (C=O) groups excluding carboxylic acids is 2. The highest BCUT2D eigenvalue weighted by Gasteiger charge is 2.15. The fourth-order valence-corrected chi connectivity index (χ4v) is 2.60. The van der Waals surface area contributed by atoms with Gasteiger partial charge in [0.15, 0.2) is 0 Å². The maximum Gasteiger partial charge on any atom is 0.412 e. The molecule has 5 nitrogen and oxygen atoms in total. The summed E-state index contributed by atoms with van der Waals surface area (Å²) in [6, 6.07) is 6.22. The van der Waals surface area contributed by atoms with Crippen LogP contribution in [0.3, 0.4) is 0 Å². The summed E-state index contributed by atoms with van der Waals surface area (Å²) in [5.41, 5.74) is 2.84. The van der Waals surface area contributed by atoms with E-state index in [1.807, 2.05) is 0 Å². The Kier molecular flexibility index (Phi) is 6.18. The van der Waals surface area contributed by atoms with Crippen LogP contribution < -0.4 is 10.1 Å². The van der Waals surface area contributed by atoms with Crippen molar-refractivity contribution in [1.29, 1.82) is 0 Å². The summed E-state index contributed by atoms with van der Waals surface area (Å²) in [5, 5.41) is 2.75. The third kappa shape index (κ3) is 4.98. The summed E-state index contributed by atoms with van der Waals surface area (Å²) in [7, 11) is 1.32. The molecule has 0 aliphatic heterocycles. The zero-order valence-corrected chi connectivity index (χ0v) is 14.1. The Morgan fingerprint density at radius 2 is 2.00 bits per heavy atom. The summed E-state index contributed by atoms with van der Waals surface area (Å²) < 4.78 is 9.80. The van der Waals surface area contributed by atoms with Crippen molar-refractivity contribution < 1.29 is 19.1 Å². The average Bonchev–Trinajstić information content (AvgIpc) is 2.60. The van der Waals surface area contributed by atoms with E-state index in [4.69, 9.17) is 4.74 Å². The maximum atomic E-state index is 11.8. The fraction of sp³-hybridized carbons (Fsp3) is 0.368. The van der Waals surface area contributed by atoms with Gasteiger partial charge in [-0.3, -0.25) is 0 Å². The molecule has 2 rings (SSSR count). The van der Waals surface area contributed by atoms with E-state index in [-0.39, 0.29) is 0 Å². The first-order chi connectivity index (χ1) is 11.5. The molecule has 0 saturated heterocycles. The molecule has 0 fully saturated rings. The first-order valence-corrected chi connectivity index (χ1v) is 7.97. The van der Waals surface area contributed by atoms with Crippen LogP contribution in [-0.2, 0) is 4.74 Å². The van der Waals surface area contributed by atoms with Crippen molar-refractivity contribution in [3.8, 4) is 5.75 Å². The molecule has 1 aliphatic carbocycles. The lowest BCUT2D eigenvalue weighted by molar-refractivity contribution is 0.0600. The molecule has 24 heavy (non-hydrogen) atoms. The molecule has 1 aromatic carbocycles. The van der Waals surface area contributed by atoms with E-state index in [1.165, 1.54) is 18.3 Å². The first-order valence-electron chi connectivity index (χ1n) is 7.97. The Morgan fingerprint density at radius 3 is 2.54 bits per heavy atom. The van der Waals surface area contributed by atoms with E-state index < -0.39 is 12.1 Å². The molecule has 128 valence electrons. The van der Waals surface area contributed by atoms with Gasteiger partial charge in [-0.2, -0.15) is 0 Å². The number of methoxy groups -OCH3 is 1. The molecule has 1 N–H and O–H groups in total. The molecule has 1 unspecified atom stereocenters. The molecule has 0 heterocycles. The molecule has 0 bridgehead atoms. The third-order valence-corrected chi connectivity index (χ3v) is 4.15. The van der Waals surface area contributed by atoms with Crippen LogP contribution in [0.1, 0.15) is 36.5 Å². The quantitative estimate of drug-likeness (QED) is 0.658. The van der Waals surface area contributed by atoms with E-state index in [9.17, 15) is 9.59 Å². The van der Waals surface area contributed by atoms with Gasteiger partial charge in [-0.25, -0.2) is 9.59 Å². The minimum absolute atomic E-state index is 0.375. The molecule has 1 aliphatic rings. The van der Waals surface area contributed by atoms with Crippen molar-refractivity contribution >= 4 is 12.1 Å². The predicted octanol–water partition coefficient (Wildman–Crippen LogP) is 3.86. The molecular formula is C19H23NO4. The summed E-state index contributed by atoms with van der Waals surface area (Å²) in [4.78, 5) is 23.2. The molecular weight excluding hydrogens is 306 g/mol. The SMILES string of the molecule is C=C(C)C1CC=C(CNC(=O)Oc2ccc(C(=O)OC)cc2)CC1. The van der Waals surface area contributed by atoms with Crippen LogP contribution in [0, 0.1) is 5.92 Å². The summed E-state index contributed by atoms with van der Waals surface area (Å²) >= 11 is 0. The Bertz CT molecular complexity index is 646. The second-order valence-electron chi connectivity index (χ2n) is 5.94. The number of benzene rings is 1. The van der Waals surface area contributed by atoms with Crippen molar-refractivity contribution in [1.82, 2.24) is 5.32 Å². The highest BCUT2D eigenvalue weighted by molar-refractivity contribution is 5.89. The van der Waals surface area contributed by atoms with Crippen LogP contribution in [-0.4, -0.2) is 25.7 Å². The Labute approximate surface area is 142 Å². The normalized spacial score (nSPS) is 16.8. The lowest BCUT2D eigenvalue weighted by Crippen LogP contribution is -2.29. The van der Waals surface area contributed by atoms with Crippen molar-refractivity contribution in [2.45, 2.75) is 26.2 Å². The van der Waals surface area contributed by atoms with Gasteiger partial charge in [0.2, 0.25) is 0 Å². The van der Waals surface area contributed by atoms with Gasteiger partial charge in [-0.05, 0) is 56.4 Å². The van der Waals surface area contributed by atoms with Gasteiger partial charge in [-0.1, -0.05) is 23.8 Å². The second-order valence-corrected chi connectivity index (χ2v) is 5.94. The van der Waals surface area contributed by atoms with Gasteiger partial charge in [0.05, 0.1) is 12.7 Å². The number of esters is 1. The van der Waals surface area contributed by atoms with Gasteiger partial charge in [0.25, 0.3) is 0 Å². The number of carbonyl (C=O) groups is 2. The van der Waals surface area contributed by atoms with Crippen molar-refractivity contribution in [3.05, 3.63) is 53.6 Å². The van der Waals surface area contributed by atoms with Gasteiger partial charge in [-0.15, -0.1) is 0 Å². The van der Waals surface area contributed by atoms with E-state index in [2.05, 4.69) is 29.6 Å². The summed E-state index contributed by atoms with van der Waals surface area (Å²) in [6.45, 7) is 6.55. The third-order valence-electron chi connectivity index (χ3n) is 4.15. The van der Waals surface area contributed by atoms with Crippen molar-refractivity contribution in [2.75, 3.05) is 13.7 Å². The van der Waals surface area contributed by atoms with Crippen LogP contribution in [0.5, 0.6) is 5.75 Å². The number of hydrogen-bond donors (Lipinski definition) is 1. The molecule has 1 aromatic rings. The van der Waals surface area contributed by atoms with Crippen LogP contribution in [0.2, 0.25) is 0 Å². The van der Waals surface area contributed by atoms with Crippen LogP contribution >= 0.6 is 0 Å². The fourth-order valence-electron chi connectivity index (χ4n) is 2.60. The number of ether oxygens (including phenoxy) is 2. The van der Waals surface area contributed by atoms with E-state index in [0.717, 1.165) is 19.3 Å². The molecule has 0 spiro atoms. The van der Waals surface area contributed by atoms with Gasteiger partial charge < -0.3 is 14.8 Å². The van der Waals surface area contributed by atoms with E-state index in [0.29, 0.717) is 23.8 Å². The monoisotopic (exact) mass is 329 g/mol. The molecule has 0 saturated carbocycles. The van der Waals surface area contributed by atoms with Gasteiger partial charge >= 0.3 is 12.1 Å². The summed E-state index contributed by atoms with van der Waals surface area (Å²) in [5.74, 6) is 0.498. The summed E-state index contributed by atoms with van der Waals surface area (Å²) in [6.07, 6.45) is 4.69. The number of hydrogen-bond acceptors (Lipinski definition) is 4. The second kappa shape index (κ2) is 8.34. The van der Waals surface area contributed by atoms with Gasteiger partial charge in [0.1, 0.15) is 5.75 Å². The van der Waals surface area contributed by atoms with Crippen LogP contribution in [0.15, 0.2) is 48.1 Å². The van der Waals surface area contributed by atoms with E-state index in [1.54, 1.807) is 24.3 Å². The average molecular weight is 329 g/mol. The number of amides is 1. The van der Waals surface area contributed by atoms with Crippen LogP contribution in [0.4, 0.5) is 4.79 Å². The number of rotatable bonds is 5. The highest BCUT2D eigenvalue weighted by atomic mass is 16.6. The van der Waals surface area contributed by atoms with Crippen LogP contribution in [0.25, 0.3) is 0 Å².